The molecule has 0 heterocycles. The Labute approximate surface area is 106 Å². The Morgan fingerprint density at radius 2 is 1.24 bits per heavy atom. The lowest BCUT2D eigenvalue weighted by atomic mass is 10.4. The van der Waals surface area contributed by atoms with E-state index in [1.54, 1.807) is 27.7 Å². The molecule has 0 aliphatic heterocycles. The highest BCUT2D eigenvalue weighted by Gasteiger charge is 2.34. The van der Waals surface area contributed by atoms with Crippen molar-refractivity contribution in [1.82, 2.24) is 0 Å². The van der Waals surface area contributed by atoms with E-state index in [-0.39, 0.29) is 0 Å². The van der Waals surface area contributed by atoms with Crippen LogP contribution in [0.25, 0.3) is 0 Å². The average molecular weight is 258 g/mol. The van der Waals surface area contributed by atoms with Crippen LogP contribution in [-0.4, -0.2) is 21.8 Å². The molecule has 0 atom stereocenters. The minimum atomic E-state index is -0.823. The molecular weight excluding hydrogens is 240 g/mol. The van der Waals surface area contributed by atoms with Gasteiger partial charge in [0, 0.05) is 12.2 Å². The first-order chi connectivity index (χ1) is 7.62. The molecule has 0 saturated heterocycles. The highest BCUT2D eigenvalue weighted by molar-refractivity contribution is 8.01. The zero-order valence-electron chi connectivity index (χ0n) is 10.6. The van der Waals surface area contributed by atoms with Crippen molar-refractivity contribution in [3.8, 4) is 0 Å². The highest BCUT2D eigenvalue weighted by atomic mass is 32.2. The molecule has 96 valence electrons. The van der Waals surface area contributed by atoms with Gasteiger partial charge in [-0.1, -0.05) is 24.9 Å². The Balaban J connectivity index is 4.56. The number of thioether (sulfide) groups is 1. The summed E-state index contributed by atoms with van der Waals surface area (Å²) in [5.41, 5.74) is 0. The third-order valence-electron chi connectivity index (χ3n) is 1.52. The number of hydrogen-bond acceptors (Lipinski definition) is 5. The van der Waals surface area contributed by atoms with E-state index in [0.29, 0.717) is 0 Å². The van der Waals surface area contributed by atoms with Crippen LogP contribution in [0.1, 0.15) is 27.7 Å². The molecule has 0 bridgehead atoms. The molecule has 5 heteroatoms. The molecule has 0 spiro atoms. The maximum absolute atomic E-state index is 11.1. The summed E-state index contributed by atoms with van der Waals surface area (Å²) in [4.78, 5) is 20.6. The standard InChI is InChI=1S/C12H18O4S/c1-7-9(13)15-11(3,4)17-12(5,6)16-10(14)8-2/h7-8H,1-2H2,3-6H3. The van der Waals surface area contributed by atoms with Crippen molar-refractivity contribution in [2.45, 2.75) is 37.6 Å². The summed E-state index contributed by atoms with van der Waals surface area (Å²) in [6, 6.07) is 0. The van der Waals surface area contributed by atoms with E-state index >= 15 is 0 Å². The molecule has 0 radical (unpaired) electrons. The van der Waals surface area contributed by atoms with Crippen molar-refractivity contribution in [3.63, 3.8) is 0 Å². The number of carbonyl (C=O) groups excluding carboxylic acids is 2. The number of rotatable bonds is 6. The molecule has 0 aliphatic carbocycles. The van der Waals surface area contributed by atoms with Gasteiger partial charge in [0.1, 0.15) is 0 Å². The summed E-state index contributed by atoms with van der Waals surface area (Å²) in [6.45, 7) is 13.5. The lowest BCUT2D eigenvalue weighted by molar-refractivity contribution is -0.144. The van der Waals surface area contributed by atoms with E-state index < -0.39 is 21.8 Å². The van der Waals surface area contributed by atoms with Crippen molar-refractivity contribution in [3.05, 3.63) is 25.3 Å². The zero-order chi connectivity index (χ0) is 13.7. The van der Waals surface area contributed by atoms with Gasteiger partial charge < -0.3 is 9.47 Å². The van der Waals surface area contributed by atoms with Crippen LogP contribution in [0.15, 0.2) is 25.3 Å². The van der Waals surface area contributed by atoms with E-state index in [9.17, 15) is 9.59 Å². The molecule has 0 aromatic rings. The normalized spacial score (nSPS) is 11.5. The molecule has 0 fully saturated rings. The fourth-order valence-electron chi connectivity index (χ4n) is 1.20. The molecule has 0 aromatic heterocycles. The summed E-state index contributed by atoms with van der Waals surface area (Å²) < 4.78 is 10.3. The minimum Gasteiger partial charge on any atom is -0.445 e. The Bertz CT molecular complexity index is 299. The van der Waals surface area contributed by atoms with Gasteiger partial charge in [-0.3, -0.25) is 0 Å². The molecule has 0 N–H and O–H groups in total. The molecular formula is C12H18O4S. The van der Waals surface area contributed by atoms with Crippen molar-refractivity contribution < 1.29 is 19.1 Å². The van der Waals surface area contributed by atoms with E-state index in [0.717, 1.165) is 12.2 Å². The molecule has 0 unspecified atom stereocenters. The van der Waals surface area contributed by atoms with Gasteiger partial charge in [0.2, 0.25) is 0 Å². The maximum Gasteiger partial charge on any atom is 0.331 e. The predicted molar refractivity (Wildman–Crippen MR) is 68.3 cm³/mol. The molecule has 0 saturated carbocycles. The zero-order valence-corrected chi connectivity index (χ0v) is 11.4. The van der Waals surface area contributed by atoms with Crippen LogP contribution in [0.4, 0.5) is 0 Å². The van der Waals surface area contributed by atoms with Gasteiger partial charge in [0.25, 0.3) is 0 Å². The van der Waals surface area contributed by atoms with Crippen LogP contribution in [0.5, 0.6) is 0 Å². The molecule has 4 nitrogen and oxygen atoms in total. The summed E-state index contributed by atoms with van der Waals surface area (Å²) >= 11 is 1.21. The van der Waals surface area contributed by atoms with E-state index in [1.807, 2.05) is 0 Å². The summed E-state index contributed by atoms with van der Waals surface area (Å²) in [7, 11) is 0. The second-order valence-corrected chi connectivity index (χ2v) is 6.32. The van der Waals surface area contributed by atoms with Gasteiger partial charge >= 0.3 is 11.9 Å². The first kappa shape index (κ1) is 15.8. The van der Waals surface area contributed by atoms with E-state index in [1.165, 1.54) is 11.8 Å². The summed E-state index contributed by atoms with van der Waals surface area (Å²) in [5.74, 6) is -1.04. The van der Waals surface area contributed by atoms with Gasteiger partial charge in [-0.2, -0.15) is 0 Å². The van der Waals surface area contributed by atoms with Crippen molar-refractivity contribution in [2.24, 2.45) is 0 Å². The van der Waals surface area contributed by atoms with E-state index in [4.69, 9.17) is 9.47 Å². The number of hydrogen-bond donors (Lipinski definition) is 0. The van der Waals surface area contributed by atoms with Crippen LogP contribution in [-0.2, 0) is 19.1 Å². The van der Waals surface area contributed by atoms with Crippen molar-refractivity contribution >= 4 is 23.7 Å². The smallest absolute Gasteiger partial charge is 0.331 e. The quantitative estimate of drug-likeness (QED) is 0.416. The largest absolute Gasteiger partial charge is 0.445 e. The predicted octanol–water partition coefficient (Wildman–Crippen LogP) is 2.65. The third kappa shape index (κ3) is 6.84. The maximum atomic E-state index is 11.1. The first-order valence-electron chi connectivity index (χ1n) is 5.03. The van der Waals surface area contributed by atoms with Gasteiger partial charge in [0.15, 0.2) is 9.87 Å². The Kier molecular flexibility index (Phi) is 5.48. The second-order valence-electron chi connectivity index (χ2n) is 4.15. The van der Waals surface area contributed by atoms with Gasteiger partial charge in [-0.25, -0.2) is 9.59 Å². The van der Waals surface area contributed by atoms with Crippen LogP contribution >= 0.6 is 11.8 Å². The first-order valence-corrected chi connectivity index (χ1v) is 5.84. The van der Waals surface area contributed by atoms with Crippen LogP contribution in [0.2, 0.25) is 0 Å². The minimum absolute atomic E-state index is 0.520. The number of carbonyl (C=O) groups is 2. The van der Waals surface area contributed by atoms with Crippen molar-refractivity contribution in [1.29, 1.82) is 0 Å². The lowest BCUT2D eigenvalue weighted by Gasteiger charge is -2.32. The van der Waals surface area contributed by atoms with Crippen molar-refractivity contribution in [2.75, 3.05) is 0 Å². The molecule has 0 rings (SSSR count). The summed E-state index contributed by atoms with van der Waals surface area (Å²) in [6.07, 6.45) is 2.18. The van der Waals surface area contributed by atoms with Crippen LogP contribution in [0.3, 0.4) is 0 Å². The van der Waals surface area contributed by atoms with Gasteiger partial charge in [0.05, 0.1) is 0 Å². The SMILES string of the molecule is C=CC(=O)OC(C)(C)SC(C)(C)OC(=O)C=C. The average Bonchev–Trinajstić information content (AvgIpc) is 2.13. The Hall–Kier alpha value is -1.23. The molecule has 0 aliphatic rings. The second kappa shape index (κ2) is 5.91. The van der Waals surface area contributed by atoms with Gasteiger partial charge in [-0.05, 0) is 27.7 Å². The van der Waals surface area contributed by atoms with Crippen LogP contribution in [0, 0.1) is 0 Å². The number of esters is 2. The fraction of sp³-hybridized carbons (Fsp3) is 0.500. The fourth-order valence-corrected chi connectivity index (χ4v) is 2.63. The van der Waals surface area contributed by atoms with Gasteiger partial charge in [-0.15, -0.1) is 0 Å². The highest BCUT2D eigenvalue weighted by Crippen LogP contribution is 2.38. The monoisotopic (exact) mass is 258 g/mol. The Morgan fingerprint density at radius 1 is 0.941 bits per heavy atom. The van der Waals surface area contributed by atoms with Crippen LogP contribution < -0.4 is 0 Å². The Morgan fingerprint density at radius 3 is 1.47 bits per heavy atom. The number of ether oxygens (including phenoxy) is 2. The lowest BCUT2D eigenvalue weighted by Crippen LogP contribution is -2.33. The molecule has 0 amide bonds. The topological polar surface area (TPSA) is 52.6 Å². The third-order valence-corrected chi connectivity index (χ3v) is 2.67. The molecule has 17 heavy (non-hydrogen) atoms. The summed E-state index contributed by atoms with van der Waals surface area (Å²) in [5, 5.41) is 0. The molecule has 0 aromatic carbocycles. The van der Waals surface area contributed by atoms with E-state index in [2.05, 4.69) is 13.2 Å².